The summed E-state index contributed by atoms with van der Waals surface area (Å²) >= 11 is 0. The molecule has 4 nitrogen and oxygen atoms in total. The average Bonchev–Trinajstić information content (AvgIpc) is 3.37. The molecule has 2 fully saturated rings. The van der Waals surface area contributed by atoms with Gasteiger partial charge in [0.25, 0.3) is 0 Å². The van der Waals surface area contributed by atoms with Crippen LogP contribution in [0.3, 0.4) is 0 Å². The van der Waals surface area contributed by atoms with E-state index in [0.29, 0.717) is 29.8 Å². The quantitative estimate of drug-likeness (QED) is 0.681. The molecule has 1 N–H and O–H groups in total. The number of unbranched alkanes of at least 4 members (excludes halogenated alkanes) is 1. The summed E-state index contributed by atoms with van der Waals surface area (Å²) in [7, 11) is 0. The van der Waals surface area contributed by atoms with Gasteiger partial charge in [-0.15, -0.1) is 0 Å². The SMILES string of the molecule is O=c1oc(CCCCC2CCCO2)cc(O)c1C(c1ccccc1)C1CC1. The van der Waals surface area contributed by atoms with Crippen molar-refractivity contribution in [1.29, 1.82) is 0 Å². The van der Waals surface area contributed by atoms with E-state index in [-0.39, 0.29) is 17.3 Å². The van der Waals surface area contributed by atoms with E-state index in [9.17, 15) is 9.90 Å². The molecule has 27 heavy (non-hydrogen) atoms. The van der Waals surface area contributed by atoms with Crippen molar-refractivity contribution >= 4 is 0 Å². The Bertz CT molecular complexity index is 801. The summed E-state index contributed by atoms with van der Waals surface area (Å²) in [6, 6.07) is 11.6. The molecule has 0 spiro atoms. The Balaban J connectivity index is 1.45. The molecular formula is C23H28O4. The topological polar surface area (TPSA) is 59.7 Å². The Labute approximate surface area is 160 Å². The monoisotopic (exact) mass is 368 g/mol. The van der Waals surface area contributed by atoms with Gasteiger partial charge in [-0.1, -0.05) is 36.8 Å². The molecule has 1 aliphatic carbocycles. The number of rotatable bonds is 8. The predicted molar refractivity (Wildman–Crippen MR) is 104 cm³/mol. The summed E-state index contributed by atoms with van der Waals surface area (Å²) in [4.78, 5) is 12.7. The zero-order valence-electron chi connectivity index (χ0n) is 15.7. The summed E-state index contributed by atoms with van der Waals surface area (Å²) < 4.78 is 11.2. The van der Waals surface area contributed by atoms with Crippen LogP contribution in [0.4, 0.5) is 0 Å². The van der Waals surface area contributed by atoms with Gasteiger partial charge in [0, 0.05) is 25.0 Å². The van der Waals surface area contributed by atoms with Gasteiger partial charge in [-0.25, -0.2) is 4.79 Å². The summed E-state index contributed by atoms with van der Waals surface area (Å²) in [5, 5.41) is 10.6. The van der Waals surface area contributed by atoms with Gasteiger partial charge in [-0.2, -0.15) is 0 Å². The fraction of sp³-hybridized carbons (Fsp3) is 0.522. The lowest BCUT2D eigenvalue weighted by molar-refractivity contribution is 0.102. The van der Waals surface area contributed by atoms with Crippen LogP contribution in [0.5, 0.6) is 5.75 Å². The lowest BCUT2D eigenvalue weighted by Gasteiger charge is -2.17. The fourth-order valence-corrected chi connectivity index (χ4v) is 4.26. The fourth-order valence-electron chi connectivity index (χ4n) is 4.26. The minimum Gasteiger partial charge on any atom is -0.507 e. The van der Waals surface area contributed by atoms with Gasteiger partial charge in [0.1, 0.15) is 11.5 Å². The molecule has 0 radical (unpaired) electrons. The molecule has 144 valence electrons. The molecule has 0 amide bonds. The maximum absolute atomic E-state index is 12.7. The maximum atomic E-state index is 12.7. The largest absolute Gasteiger partial charge is 0.507 e. The molecule has 2 aromatic rings. The molecule has 1 aromatic carbocycles. The lowest BCUT2D eigenvalue weighted by atomic mass is 9.87. The van der Waals surface area contributed by atoms with Crippen LogP contribution in [0.1, 0.15) is 67.8 Å². The highest BCUT2D eigenvalue weighted by atomic mass is 16.5. The second-order valence-corrected chi connectivity index (χ2v) is 7.91. The number of benzene rings is 1. The van der Waals surface area contributed by atoms with E-state index in [2.05, 4.69) is 0 Å². The van der Waals surface area contributed by atoms with Gasteiger partial charge in [0.05, 0.1) is 11.7 Å². The third-order valence-corrected chi connectivity index (χ3v) is 5.80. The molecule has 4 rings (SSSR count). The highest BCUT2D eigenvalue weighted by Gasteiger charge is 2.37. The van der Waals surface area contributed by atoms with Crippen molar-refractivity contribution in [1.82, 2.24) is 0 Å². The third-order valence-electron chi connectivity index (χ3n) is 5.80. The number of aromatic hydroxyl groups is 1. The van der Waals surface area contributed by atoms with E-state index in [1.807, 2.05) is 30.3 Å². The molecule has 2 atom stereocenters. The van der Waals surface area contributed by atoms with Crippen LogP contribution < -0.4 is 5.63 Å². The van der Waals surface area contributed by atoms with Crippen molar-refractivity contribution in [2.45, 2.75) is 63.4 Å². The average molecular weight is 368 g/mol. The maximum Gasteiger partial charge on any atom is 0.343 e. The van der Waals surface area contributed by atoms with E-state index in [0.717, 1.165) is 50.7 Å². The van der Waals surface area contributed by atoms with Crippen molar-refractivity contribution in [3.05, 3.63) is 63.7 Å². The number of aryl methyl sites for hydroxylation is 1. The second-order valence-electron chi connectivity index (χ2n) is 7.91. The van der Waals surface area contributed by atoms with Gasteiger partial charge in [-0.05, 0) is 50.0 Å². The standard InChI is InChI=1S/C23H28O4/c24-20-15-19(10-5-4-9-18-11-6-14-26-18)27-23(25)22(20)21(17-12-13-17)16-7-2-1-3-8-16/h1-3,7-8,15,17-18,21,24H,4-6,9-14H2. The Kier molecular flexibility index (Phi) is 5.63. The normalized spacial score (nSPS) is 20.7. The van der Waals surface area contributed by atoms with Crippen LogP contribution >= 0.6 is 0 Å². The van der Waals surface area contributed by atoms with Crippen LogP contribution in [0.25, 0.3) is 0 Å². The Morgan fingerprint density at radius 3 is 2.59 bits per heavy atom. The van der Waals surface area contributed by atoms with Crippen LogP contribution in [-0.4, -0.2) is 17.8 Å². The molecule has 0 bridgehead atoms. The smallest absolute Gasteiger partial charge is 0.343 e. The highest BCUT2D eigenvalue weighted by molar-refractivity contribution is 5.41. The Hall–Kier alpha value is -2.07. The van der Waals surface area contributed by atoms with Gasteiger partial charge in [0.15, 0.2) is 0 Å². The van der Waals surface area contributed by atoms with Crippen molar-refractivity contribution in [3.63, 3.8) is 0 Å². The molecule has 2 heterocycles. The van der Waals surface area contributed by atoms with Gasteiger partial charge in [-0.3, -0.25) is 0 Å². The highest BCUT2D eigenvalue weighted by Crippen LogP contribution is 2.47. The van der Waals surface area contributed by atoms with Crippen molar-refractivity contribution in [3.8, 4) is 5.75 Å². The second kappa shape index (κ2) is 8.30. The summed E-state index contributed by atoms with van der Waals surface area (Å²) in [6.07, 6.45) is 8.62. The van der Waals surface area contributed by atoms with Crippen LogP contribution in [0.15, 0.2) is 45.6 Å². The summed E-state index contributed by atoms with van der Waals surface area (Å²) in [5.41, 5.74) is 1.11. The molecule has 1 aromatic heterocycles. The number of ether oxygens (including phenoxy) is 1. The lowest BCUT2D eigenvalue weighted by Crippen LogP contribution is -2.16. The first kappa shape index (κ1) is 18.3. The predicted octanol–water partition coefficient (Wildman–Crippen LogP) is 4.78. The van der Waals surface area contributed by atoms with E-state index >= 15 is 0 Å². The van der Waals surface area contributed by atoms with Crippen LogP contribution in [-0.2, 0) is 11.2 Å². The summed E-state index contributed by atoms with van der Waals surface area (Å²) in [5.74, 6) is 1.01. The van der Waals surface area contributed by atoms with E-state index in [1.165, 1.54) is 6.42 Å². The Morgan fingerprint density at radius 2 is 1.93 bits per heavy atom. The van der Waals surface area contributed by atoms with Crippen molar-refractivity contribution in [2.75, 3.05) is 6.61 Å². The van der Waals surface area contributed by atoms with E-state index < -0.39 is 0 Å². The Morgan fingerprint density at radius 1 is 1.11 bits per heavy atom. The zero-order valence-corrected chi connectivity index (χ0v) is 15.7. The minimum atomic E-state index is -0.384. The van der Waals surface area contributed by atoms with Crippen LogP contribution in [0.2, 0.25) is 0 Å². The first-order valence-corrected chi connectivity index (χ1v) is 10.2. The first-order valence-electron chi connectivity index (χ1n) is 10.2. The van der Waals surface area contributed by atoms with Crippen molar-refractivity contribution < 1.29 is 14.3 Å². The third kappa shape index (κ3) is 4.44. The molecule has 1 saturated carbocycles. The number of hydrogen-bond acceptors (Lipinski definition) is 4. The number of hydrogen-bond donors (Lipinski definition) is 1. The first-order chi connectivity index (χ1) is 13.2. The van der Waals surface area contributed by atoms with Gasteiger partial charge >= 0.3 is 5.63 Å². The molecular weight excluding hydrogens is 340 g/mol. The molecule has 1 saturated heterocycles. The summed E-state index contributed by atoms with van der Waals surface area (Å²) in [6.45, 7) is 0.887. The van der Waals surface area contributed by atoms with Crippen molar-refractivity contribution in [2.24, 2.45) is 5.92 Å². The van der Waals surface area contributed by atoms with E-state index in [1.54, 1.807) is 6.07 Å². The molecule has 2 unspecified atom stereocenters. The van der Waals surface area contributed by atoms with Crippen LogP contribution in [0, 0.1) is 5.92 Å². The van der Waals surface area contributed by atoms with E-state index in [4.69, 9.17) is 9.15 Å². The molecule has 2 aliphatic rings. The molecule has 4 heteroatoms. The zero-order chi connectivity index (χ0) is 18.6. The minimum absolute atomic E-state index is 0.0731. The van der Waals surface area contributed by atoms with Gasteiger partial charge in [0.2, 0.25) is 0 Å². The van der Waals surface area contributed by atoms with Gasteiger partial charge < -0.3 is 14.3 Å². The molecule has 1 aliphatic heterocycles.